The number of carbonyl (C=O) groups is 1. The first kappa shape index (κ1) is 12.3. The van der Waals surface area contributed by atoms with Gasteiger partial charge in [0.05, 0.1) is 4.47 Å². The molecule has 0 aliphatic carbocycles. The van der Waals surface area contributed by atoms with Crippen LogP contribution in [0, 0.1) is 0 Å². The number of hydrogen-bond donors (Lipinski definition) is 0. The Morgan fingerprint density at radius 3 is 2.82 bits per heavy atom. The lowest BCUT2D eigenvalue weighted by Crippen LogP contribution is -2.25. The molecule has 1 aromatic carbocycles. The molecular weight excluding hydrogens is 296 g/mol. The van der Waals surface area contributed by atoms with Gasteiger partial charge in [-0.1, -0.05) is 0 Å². The number of anilines is 1. The predicted octanol–water partition coefficient (Wildman–Crippen LogP) is 2.96. The minimum absolute atomic E-state index is 0.0572. The van der Waals surface area contributed by atoms with Gasteiger partial charge >= 0.3 is 6.61 Å². The van der Waals surface area contributed by atoms with E-state index in [1.807, 2.05) is 0 Å². The third-order valence-corrected chi connectivity index (χ3v) is 3.24. The van der Waals surface area contributed by atoms with E-state index in [1.165, 1.54) is 6.92 Å². The Morgan fingerprint density at radius 2 is 2.24 bits per heavy atom. The largest absolute Gasteiger partial charge is 0.434 e. The van der Waals surface area contributed by atoms with Crippen LogP contribution in [-0.4, -0.2) is 19.1 Å². The van der Waals surface area contributed by atoms with E-state index < -0.39 is 6.61 Å². The molecule has 3 nitrogen and oxygen atoms in total. The summed E-state index contributed by atoms with van der Waals surface area (Å²) in [5.41, 5.74) is 1.60. The Hall–Kier alpha value is -1.17. The molecule has 0 saturated heterocycles. The smallest absolute Gasteiger partial charge is 0.387 e. The van der Waals surface area contributed by atoms with Gasteiger partial charge in [-0.15, -0.1) is 0 Å². The summed E-state index contributed by atoms with van der Waals surface area (Å²) < 4.78 is 29.1. The highest BCUT2D eigenvalue weighted by molar-refractivity contribution is 9.10. The number of halogens is 3. The number of hydrogen-bond acceptors (Lipinski definition) is 2. The SMILES string of the molecule is CC(=O)N1CCc2cc(OC(F)F)c(Br)cc21. The average molecular weight is 306 g/mol. The molecule has 1 aliphatic heterocycles. The van der Waals surface area contributed by atoms with E-state index in [4.69, 9.17) is 0 Å². The minimum atomic E-state index is -2.85. The molecule has 17 heavy (non-hydrogen) atoms. The molecule has 1 amide bonds. The first-order valence-electron chi connectivity index (χ1n) is 5.04. The Bertz CT molecular complexity index is 465. The van der Waals surface area contributed by atoms with Crippen LogP contribution < -0.4 is 9.64 Å². The van der Waals surface area contributed by atoms with E-state index in [0.717, 1.165) is 11.3 Å². The van der Waals surface area contributed by atoms with Crippen molar-refractivity contribution in [2.75, 3.05) is 11.4 Å². The van der Waals surface area contributed by atoms with Crippen molar-refractivity contribution in [3.8, 4) is 5.75 Å². The van der Waals surface area contributed by atoms with Crippen LogP contribution >= 0.6 is 15.9 Å². The summed E-state index contributed by atoms with van der Waals surface area (Å²) in [7, 11) is 0. The fourth-order valence-corrected chi connectivity index (χ4v) is 2.33. The van der Waals surface area contributed by atoms with E-state index in [2.05, 4.69) is 20.7 Å². The van der Waals surface area contributed by atoms with Gasteiger partial charge in [-0.3, -0.25) is 4.79 Å². The van der Waals surface area contributed by atoms with Gasteiger partial charge in [-0.05, 0) is 40.0 Å². The van der Waals surface area contributed by atoms with Crippen molar-refractivity contribution in [1.82, 2.24) is 0 Å². The van der Waals surface area contributed by atoms with Gasteiger partial charge in [0.15, 0.2) is 0 Å². The molecule has 0 atom stereocenters. The second kappa shape index (κ2) is 4.60. The maximum Gasteiger partial charge on any atom is 0.387 e. The molecule has 0 fully saturated rings. The van der Waals surface area contributed by atoms with Crippen molar-refractivity contribution < 1.29 is 18.3 Å². The number of fused-ring (bicyclic) bond motifs is 1. The molecule has 0 spiro atoms. The van der Waals surface area contributed by atoms with Crippen LogP contribution in [0.2, 0.25) is 0 Å². The maximum absolute atomic E-state index is 12.1. The highest BCUT2D eigenvalue weighted by Gasteiger charge is 2.24. The van der Waals surface area contributed by atoms with Crippen LogP contribution in [0.4, 0.5) is 14.5 Å². The number of nitrogens with zero attached hydrogens (tertiary/aromatic N) is 1. The number of alkyl halides is 2. The van der Waals surface area contributed by atoms with Crippen molar-refractivity contribution in [3.05, 3.63) is 22.2 Å². The lowest BCUT2D eigenvalue weighted by atomic mass is 10.1. The van der Waals surface area contributed by atoms with Crippen molar-refractivity contribution in [3.63, 3.8) is 0 Å². The van der Waals surface area contributed by atoms with Crippen molar-refractivity contribution >= 4 is 27.5 Å². The van der Waals surface area contributed by atoms with Crippen LogP contribution in [0.3, 0.4) is 0 Å². The minimum Gasteiger partial charge on any atom is -0.434 e. The number of ether oxygens (including phenoxy) is 1. The molecule has 1 aromatic rings. The summed E-state index contributed by atoms with van der Waals surface area (Å²) in [4.78, 5) is 13.0. The third-order valence-electron chi connectivity index (χ3n) is 2.62. The van der Waals surface area contributed by atoms with Crippen LogP contribution in [0.1, 0.15) is 12.5 Å². The highest BCUT2D eigenvalue weighted by atomic mass is 79.9. The molecule has 0 radical (unpaired) electrons. The van der Waals surface area contributed by atoms with Gasteiger partial charge < -0.3 is 9.64 Å². The first-order chi connectivity index (χ1) is 7.99. The third kappa shape index (κ3) is 2.41. The molecular formula is C11H10BrF2NO2. The van der Waals surface area contributed by atoms with E-state index >= 15 is 0 Å². The lowest BCUT2D eigenvalue weighted by molar-refractivity contribution is -0.116. The highest BCUT2D eigenvalue weighted by Crippen LogP contribution is 2.37. The fraction of sp³-hybridized carbons (Fsp3) is 0.364. The monoisotopic (exact) mass is 305 g/mol. The topological polar surface area (TPSA) is 29.5 Å². The lowest BCUT2D eigenvalue weighted by Gasteiger charge is -2.16. The molecule has 92 valence electrons. The molecule has 1 heterocycles. The van der Waals surface area contributed by atoms with Gasteiger partial charge in [0.25, 0.3) is 0 Å². The number of amides is 1. The van der Waals surface area contributed by atoms with Gasteiger partial charge in [-0.2, -0.15) is 8.78 Å². The van der Waals surface area contributed by atoms with E-state index in [1.54, 1.807) is 17.0 Å². The summed E-state index contributed by atoms with van der Waals surface area (Å²) in [6.45, 7) is -0.795. The van der Waals surface area contributed by atoms with E-state index in [0.29, 0.717) is 17.4 Å². The van der Waals surface area contributed by atoms with Crippen LogP contribution in [0.5, 0.6) is 5.75 Å². The molecule has 6 heteroatoms. The first-order valence-corrected chi connectivity index (χ1v) is 5.83. The Balaban J connectivity index is 2.37. The zero-order valence-electron chi connectivity index (χ0n) is 9.04. The van der Waals surface area contributed by atoms with Crippen LogP contribution in [0.25, 0.3) is 0 Å². The number of rotatable bonds is 2. The van der Waals surface area contributed by atoms with Crippen LogP contribution in [-0.2, 0) is 11.2 Å². The normalized spacial score (nSPS) is 14.1. The molecule has 0 aromatic heterocycles. The van der Waals surface area contributed by atoms with Crippen LogP contribution in [0.15, 0.2) is 16.6 Å². The molecule has 0 bridgehead atoms. The Kier molecular flexibility index (Phi) is 3.33. The zero-order chi connectivity index (χ0) is 12.6. The van der Waals surface area contributed by atoms with Crippen molar-refractivity contribution in [2.24, 2.45) is 0 Å². The molecule has 0 unspecified atom stereocenters. The standard InChI is InChI=1S/C11H10BrF2NO2/c1-6(16)15-3-2-7-4-10(17-11(13)14)8(12)5-9(7)15/h4-5,11H,2-3H2,1H3. The fourth-order valence-electron chi connectivity index (χ4n) is 1.90. The second-order valence-corrected chi connectivity index (χ2v) is 4.56. The molecule has 0 saturated carbocycles. The Morgan fingerprint density at radius 1 is 1.53 bits per heavy atom. The van der Waals surface area contributed by atoms with E-state index in [9.17, 15) is 13.6 Å². The summed E-state index contributed by atoms with van der Waals surface area (Å²) in [5.74, 6) is 0.0438. The van der Waals surface area contributed by atoms with Gasteiger partial charge in [0, 0.05) is 19.2 Å². The number of benzene rings is 1. The average Bonchev–Trinajstić information content (AvgIpc) is 2.60. The number of carbonyl (C=O) groups excluding carboxylic acids is 1. The zero-order valence-corrected chi connectivity index (χ0v) is 10.6. The van der Waals surface area contributed by atoms with E-state index in [-0.39, 0.29) is 11.7 Å². The predicted molar refractivity (Wildman–Crippen MR) is 62.5 cm³/mol. The quantitative estimate of drug-likeness (QED) is 0.841. The summed E-state index contributed by atoms with van der Waals surface area (Å²) in [6, 6.07) is 3.19. The van der Waals surface area contributed by atoms with Gasteiger partial charge in [-0.25, -0.2) is 0 Å². The summed E-state index contributed by atoms with van der Waals surface area (Å²) in [6.07, 6.45) is 0.655. The van der Waals surface area contributed by atoms with Crippen molar-refractivity contribution in [2.45, 2.75) is 20.0 Å². The molecule has 2 rings (SSSR count). The molecule has 1 aliphatic rings. The van der Waals surface area contributed by atoms with Gasteiger partial charge in [0.1, 0.15) is 5.75 Å². The summed E-state index contributed by atoms with van der Waals surface area (Å²) >= 11 is 3.16. The second-order valence-electron chi connectivity index (χ2n) is 3.71. The Labute approximate surface area is 105 Å². The summed E-state index contributed by atoms with van der Waals surface area (Å²) in [5, 5.41) is 0. The maximum atomic E-state index is 12.1. The molecule has 0 N–H and O–H groups in total. The van der Waals surface area contributed by atoms with Crippen molar-refractivity contribution in [1.29, 1.82) is 0 Å². The van der Waals surface area contributed by atoms with Gasteiger partial charge in [0.2, 0.25) is 5.91 Å².